The molecule has 1 saturated carbocycles. The second kappa shape index (κ2) is 6.94. The van der Waals surface area contributed by atoms with Gasteiger partial charge in [0.2, 0.25) is 11.9 Å². The monoisotopic (exact) mass is 351 g/mol. The van der Waals surface area contributed by atoms with Crippen molar-refractivity contribution in [3.63, 3.8) is 0 Å². The first-order valence-corrected chi connectivity index (χ1v) is 9.31. The molecule has 0 spiro atoms. The van der Waals surface area contributed by atoms with Crippen LogP contribution in [0.5, 0.6) is 0 Å². The molecule has 0 bridgehead atoms. The third-order valence-corrected chi connectivity index (χ3v) is 4.97. The summed E-state index contributed by atoms with van der Waals surface area (Å²) < 4.78 is 0. The van der Waals surface area contributed by atoms with Gasteiger partial charge in [-0.2, -0.15) is 4.98 Å². The summed E-state index contributed by atoms with van der Waals surface area (Å²) in [5.41, 5.74) is 3.18. The molecule has 26 heavy (non-hydrogen) atoms. The molecular formula is C20H25N5O. The molecule has 1 aromatic heterocycles. The maximum absolute atomic E-state index is 12.2. The number of amides is 1. The van der Waals surface area contributed by atoms with Crippen LogP contribution in [0.1, 0.15) is 24.1 Å². The van der Waals surface area contributed by atoms with Crippen LogP contribution in [0.4, 0.5) is 17.5 Å². The van der Waals surface area contributed by atoms with E-state index in [9.17, 15) is 4.79 Å². The van der Waals surface area contributed by atoms with Gasteiger partial charge >= 0.3 is 0 Å². The average molecular weight is 351 g/mol. The zero-order valence-corrected chi connectivity index (χ0v) is 15.4. The SMILES string of the molecule is Cc1ccc(Nc2cc(C)nc(N3CCN(C(=O)C4CC4)CC3)n2)cc1. The molecular weight excluding hydrogens is 326 g/mol. The van der Waals surface area contributed by atoms with E-state index >= 15 is 0 Å². The lowest BCUT2D eigenvalue weighted by Crippen LogP contribution is -2.49. The Hall–Kier alpha value is -2.63. The van der Waals surface area contributed by atoms with Gasteiger partial charge in [0.15, 0.2) is 0 Å². The van der Waals surface area contributed by atoms with E-state index in [1.165, 1.54) is 5.56 Å². The van der Waals surface area contributed by atoms with Gasteiger partial charge in [0.05, 0.1) is 0 Å². The third kappa shape index (κ3) is 3.79. The van der Waals surface area contributed by atoms with Crippen LogP contribution in [0.15, 0.2) is 30.3 Å². The second-order valence-electron chi connectivity index (χ2n) is 7.27. The molecule has 2 aromatic rings. The number of piperazine rings is 1. The molecule has 2 heterocycles. The molecule has 0 unspecified atom stereocenters. The van der Waals surface area contributed by atoms with Crippen molar-refractivity contribution in [2.45, 2.75) is 26.7 Å². The Morgan fingerprint density at radius 3 is 2.38 bits per heavy atom. The molecule has 136 valence electrons. The summed E-state index contributed by atoms with van der Waals surface area (Å²) in [6.45, 7) is 7.14. The van der Waals surface area contributed by atoms with Crippen molar-refractivity contribution in [2.75, 3.05) is 36.4 Å². The van der Waals surface area contributed by atoms with Gasteiger partial charge in [0.25, 0.3) is 0 Å². The van der Waals surface area contributed by atoms with E-state index in [-0.39, 0.29) is 0 Å². The zero-order valence-electron chi connectivity index (χ0n) is 15.4. The highest BCUT2D eigenvalue weighted by Gasteiger charge is 2.34. The van der Waals surface area contributed by atoms with Crippen LogP contribution in [0, 0.1) is 19.8 Å². The third-order valence-electron chi connectivity index (χ3n) is 4.97. The predicted molar refractivity (Wildman–Crippen MR) is 103 cm³/mol. The minimum absolute atomic E-state index is 0.294. The molecule has 1 saturated heterocycles. The molecule has 1 aliphatic carbocycles. The van der Waals surface area contributed by atoms with Crippen LogP contribution >= 0.6 is 0 Å². The number of hydrogen-bond donors (Lipinski definition) is 1. The van der Waals surface area contributed by atoms with E-state index in [2.05, 4.69) is 46.4 Å². The summed E-state index contributed by atoms with van der Waals surface area (Å²) in [6.07, 6.45) is 2.13. The Bertz CT molecular complexity index is 792. The first kappa shape index (κ1) is 16.8. The van der Waals surface area contributed by atoms with Gasteiger partial charge in [0, 0.05) is 49.5 Å². The fraction of sp³-hybridized carbons (Fsp3) is 0.450. The first-order valence-electron chi connectivity index (χ1n) is 9.31. The molecule has 1 aliphatic heterocycles. The number of aryl methyl sites for hydroxylation is 2. The molecule has 1 aromatic carbocycles. The van der Waals surface area contributed by atoms with Crippen LogP contribution in [0.2, 0.25) is 0 Å². The normalized spacial score (nSPS) is 17.3. The molecule has 2 aliphatic rings. The molecule has 1 amide bonds. The van der Waals surface area contributed by atoms with Crippen LogP contribution in [0.25, 0.3) is 0 Å². The number of aromatic nitrogens is 2. The summed E-state index contributed by atoms with van der Waals surface area (Å²) in [5.74, 6) is 2.16. The Kier molecular flexibility index (Phi) is 4.49. The molecule has 1 N–H and O–H groups in total. The molecule has 4 rings (SSSR count). The minimum Gasteiger partial charge on any atom is -0.340 e. The van der Waals surface area contributed by atoms with Gasteiger partial charge in [-0.05, 0) is 38.8 Å². The van der Waals surface area contributed by atoms with Gasteiger partial charge < -0.3 is 15.1 Å². The maximum Gasteiger partial charge on any atom is 0.227 e. The Morgan fingerprint density at radius 1 is 1.04 bits per heavy atom. The van der Waals surface area contributed by atoms with E-state index in [1.807, 2.05) is 17.9 Å². The van der Waals surface area contributed by atoms with Crippen molar-refractivity contribution in [1.82, 2.24) is 14.9 Å². The summed E-state index contributed by atoms with van der Waals surface area (Å²) in [6, 6.07) is 10.2. The van der Waals surface area contributed by atoms with E-state index in [0.717, 1.165) is 62.2 Å². The van der Waals surface area contributed by atoms with Crippen molar-refractivity contribution in [3.05, 3.63) is 41.6 Å². The number of anilines is 3. The van der Waals surface area contributed by atoms with Gasteiger partial charge in [-0.15, -0.1) is 0 Å². The number of nitrogens with zero attached hydrogens (tertiary/aromatic N) is 4. The summed E-state index contributed by atoms with van der Waals surface area (Å²) in [5, 5.41) is 3.36. The lowest BCUT2D eigenvalue weighted by Gasteiger charge is -2.35. The Morgan fingerprint density at radius 2 is 1.73 bits per heavy atom. The minimum atomic E-state index is 0.294. The highest BCUT2D eigenvalue weighted by Crippen LogP contribution is 2.31. The molecule has 6 nitrogen and oxygen atoms in total. The Balaban J connectivity index is 1.44. The molecule has 2 fully saturated rings. The van der Waals surface area contributed by atoms with Crippen molar-refractivity contribution in [3.8, 4) is 0 Å². The number of carbonyl (C=O) groups is 1. The summed E-state index contributed by atoms with van der Waals surface area (Å²) in [4.78, 5) is 25.7. The van der Waals surface area contributed by atoms with Gasteiger partial charge in [-0.25, -0.2) is 4.98 Å². The van der Waals surface area contributed by atoms with Crippen LogP contribution in [-0.2, 0) is 4.79 Å². The zero-order chi connectivity index (χ0) is 18.1. The fourth-order valence-electron chi connectivity index (χ4n) is 3.26. The topological polar surface area (TPSA) is 61.4 Å². The maximum atomic E-state index is 12.2. The number of nitrogens with one attached hydrogen (secondary N) is 1. The van der Waals surface area contributed by atoms with Crippen LogP contribution in [0.3, 0.4) is 0 Å². The number of hydrogen-bond acceptors (Lipinski definition) is 5. The number of benzene rings is 1. The highest BCUT2D eigenvalue weighted by atomic mass is 16.2. The number of carbonyl (C=O) groups excluding carboxylic acids is 1. The molecule has 0 radical (unpaired) electrons. The fourth-order valence-corrected chi connectivity index (χ4v) is 3.26. The van der Waals surface area contributed by atoms with E-state index < -0.39 is 0 Å². The Labute approximate surface area is 154 Å². The summed E-state index contributed by atoms with van der Waals surface area (Å²) >= 11 is 0. The predicted octanol–water partition coefficient (Wildman–Crippen LogP) is 2.90. The van der Waals surface area contributed by atoms with E-state index in [4.69, 9.17) is 4.98 Å². The largest absolute Gasteiger partial charge is 0.340 e. The lowest BCUT2D eigenvalue weighted by molar-refractivity contribution is -0.132. The second-order valence-corrected chi connectivity index (χ2v) is 7.27. The quantitative estimate of drug-likeness (QED) is 0.918. The van der Waals surface area contributed by atoms with Gasteiger partial charge in [-0.3, -0.25) is 4.79 Å². The van der Waals surface area contributed by atoms with Crippen molar-refractivity contribution in [1.29, 1.82) is 0 Å². The van der Waals surface area contributed by atoms with Crippen LogP contribution < -0.4 is 10.2 Å². The van der Waals surface area contributed by atoms with Crippen LogP contribution in [-0.4, -0.2) is 47.0 Å². The molecule has 0 atom stereocenters. The van der Waals surface area contributed by atoms with Crippen molar-refractivity contribution >= 4 is 23.4 Å². The lowest BCUT2D eigenvalue weighted by atomic mass is 10.2. The molecule has 6 heteroatoms. The van der Waals surface area contributed by atoms with E-state index in [0.29, 0.717) is 11.8 Å². The highest BCUT2D eigenvalue weighted by molar-refractivity contribution is 5.81. The first-order chi connectivity index (χ1) is 12.6. The van der Waals surface area contributed by atoms with Gasteiger partial charge in [0.1, 0.15) is 5.82 Å². The number of rotatable bonds is 4. The standard InChI is InChI=1S/C20H25N5O/c1-14-3-7-17(8-4-14)22-18-13-15(2)21-20(23-18)25-11-9-24(10-12-25)19(26)16-5-6-16/h3-4,7-8,13,16H,5-6,9-12H2,1-2H3,(H,21,22,23). The van der Waals surface area contributed by atoms with Crippen molar-refractivity contribution < 1.29 is 4.79 Å². The average Bonchev–Trinajstić information content (AvgIpc) is 3.48. The van der Waals surface area contributed by atoms with Crippen molar-refractivity contribution in [2.24, 2.45) is 5.92 Å². The summed E-state index contributed by atoms with van der Waals surface area (Å²) in [7, 11) is 0. The smallest absolute Gasteiger partial charge is 0.227 e. The van der Waals surface area contributed by atoms with Gasteiger partial charge in [-0.1, -0.05) is 17.7 Å². The van der Waals surface area contributed by atoms with E-state index in [1.54, 1.807) is 0 Å².